The Kier molecular flexibility index (Phi) is 8.60. The van der Waals surface area contributed by atoms with Gasteiger partial charge in [-0.3, -0.25) is 28.7 Å². The van der Waals surface area contributed by atoms with Gasteiger partial charge in [-0.05, 0) is 0 Å². The zero-order valence-corrected chi connectivity index (χ0v) is 18.1. The van der Waals surface area contributed by atoms with Crippen LogP contribution < -0.4 is 16.6 Å². The van der Waals surface area contributed by atoms with Crippen molar-refractivity contribution < 1.29 is 46.5 Å². The van der Waals surface area contributed by atoms with Crippen molar-refractivity contribution in [3.05, 3.63) is 32.6 Å². The van der Waals surface area contributed by atoms with Crippen LogP contribution >= 0.6 is 0 Å². The van der Waals surface area contributed by atoms with E-state index in [0.717, 1.165) is 24.6 Å². The Labute approximate surface area is 189 Å². The SMILES string of the molecule is COC1C(OC(C)=O)[C@@H](COC(C)=O)O[C@H]1n1cc(C#CCNC(=O)C(F)(F)F)c(=O)[nH]c1=O. The Morgan fingerprint density at radius 2 is 1.88 bits per heavy atom. The van der Waals surface area contributed by atoms with Crippen LogP contribution in [0.2, 0.25) is 0 Å². The lowest BCUT2D eigenvalue weighted by Gasteiger charge is -2.23. The summed E-state index contributed by atoms with van der Waals surface area (Å²) in [6, 6.07) is 0. The average molecular weight is 491 g/mol. The van der Waals surface area contributed by atoms with Gasteiger partial charge in [-0.1, -0.05) is 11.8 Å². The summed E-state index contributed by atoms with van der Waals surface area (Å²) < 4.78 is 58.6. The third-order valence-corrected chi connectivity index (χ3v) is 4.37. The molecule has 186 valence electrons. The summed E-state index contributed by atoms with van der Waals surface area (Å²) in [4.78, 5) is 60.0. The number of hydrogen-bond donors (Lipinski definition) is 2. The minimum absolute atomic E-state index is 0.340. The summed E-state index contributed by atoms with van der Waals surface area (Å²) in [6.45, 7) is 1.21. The van der Waals surface area contributed by atoms with Crippen molar-refractivity contribution in [1.29, 1.82) is 0 Å². The number of hydrogen-bond acceptors (Lipinski definition) is 9. The van der Waals surface area contributed by atoms with Gasteiger partial charge < -0.3 is 24.3 Å². The summed E-state index contributed by atoms with van der Waals surface area (Å²) in [5.74, 6) is 0.867. The van der Waals surface area contributed by atoms with Crippen molar-refractivity contribution >= 4 is 17.8 Å². The topological polar surface area (TPSA) is 155 Å². The summed E-state index contributed by atoms with van der Waals surface area (Å²) in [5.41, 5.74) is -2.25. The smallest absolute Gasteiger partial charge is 0.463 e. The first kappa shape index (κ1) is 26.6. The van der Waals surface area contributed by atoms with Crippen LogP contribution in [-0.4, -0.2) is 72.1 Å². The van der Waals surface area contributed by atoms with Crippen molar-refractivity contribution in [1.82, 2.24) is 14.9 Å². The molecule has 2 rings (SSSR count). The van der Waals surface area contributed by atoms with E-state index in [0.29, 0.717) is 0 Å². The molecule has 4 atom stereocenters. The van der Waals surface area contributed by atoms with E-state index in [4.69, 9.17) is 18.9 Å². The second-order valence-electron chi connectivity index (χ2n) is 6.83. The first-order chi connectivity index (χ1) is 15.8. The molecular weight excluding hydrogens is 471 g/mol. The molecule has 34 heavy (non-hydrogen) atoms. The molecule has 1 aliphatic rings. The van der Waals surface area contributed by atoms with Crippen LogP contribution in [0, 0.1) is 11.8 Å². The molecule has 15 heteroatoms. The van der Waals surface area contributed by atoms with Crippen LogP contribution in [0.1, 0.15) is 25.6 Å². The van der Waals surface area contributed by atoms with Crippen molar-refractivity contribution in [3.63, 3.8) is 0 Å². The largest absolute Gasteiger partial charge is 0.471 e. The van der Waals surface area contributed by atoms with Gasteiger partial charge in [-0.25, -0.2) is 4.79 Å². The van der Waals surface area contributed by atoms with E-state index in [1.807, 2.05) is 4.98 Å². The maximum absolute atomic E-state index is 12.4. The molecule has 1 amide bonds. The molecule has 2 heterocycles. The number of methoxy groups -OCH3 is 1. The van der Waals surface area contributed by atoms with Crippen LogP contribution in [-0.2, 0) is 33.3 Å². The number of aromatic amines is 1. The third-order valence-electron chi connectivity index (χ3n) is 4.37. The molecule has 1 saturated heterocycles. The summed E-state index contributed by atoms with van der Waals surface area (Å²) >= 11 is 0. The number of halogens is 3. The van der Waals surface area contributed by atoms with E-state index in [2.05, 4.69) is 11.8 Å². The molecule has 0 bridgehead atoms. The highest BCUT2D eigenvalue weighted by molar-refractivity contribution is 5.81. The highest BCUT2D eigenvalue weighted by Gasteiger charge is 2.49. The Bertz CT molecular complexity index is 1120. The van der Waals surface area contributed by atoms with Gasteiger partial charge in [0.25, 0.3) is 5.56 Å². The molecular formula is C19H20F3N3O9. The Morgan fingerprint density at radius 3 is 2.44 bits per heavy atom. The van der Waals surface area contributed by atoms with E-state index in [-0.39, 0.29) is 12.2 Å². The van der Waals surface area contributed by atoms with E-state index in [9.17, 15) is 37.1 Å². The Morgan fingerprint density at radius 1 is 1.21 bits per heavy atom. The van der Waals surface area contributed by atoms with Crippen LogP contribution in [0.25, 0.3) is 0 Å². The third kappa shape index (κ3) is 6.68. The minimum atomic E-state index is -5.09. The zero-order chi connectivity index (χ0) is 25.6. The van der Waals surface area contributed by atoms with Gasteiger partial charge in [0.2, 0.25) is 0 Å². The highest BCUT2D eigenvalue weighted by atomic mass is 19.4. The number of nitrogens with one attached hydrogen (secondary N) is 2. The number of carbonyl (C=O) groups excluding carboxylic acids is 3. The van der Waals surface area contributed by atoms with Gasteiger partial charge in [0.05, 0.1) is 6.54 Å². The average Bonchev–Trinajstić information content (AvgIpc) is 3.06. The molecule has 2 N–H and O–H groups in total. The van der Waals surface area contributed by atoms with Crippen LogP contribution in [0.4, 0.5) is 13.2 Å². The predicted molar refractivity (Wildman–Crippen MR) is 104 cm³/mol. The Hall–Kier alpha value is -3.64. The number of esters is 2. The molecule has 0 saturated carbocycles. The monoisotopic (exact) mass is 491 g/mol. The van der Waals surface area contributed by atoms with Gasteiger partial charge in [0.1, 0.15) is 24.4 Å². The number of rotatable bonds is 6. The summed E-state index contributed by atoms with van der Waals surface area (Å²) in [6.07, 6.45) is -8.62. The number of amides is 1. The van der Waals surface area contributed by atoms with Gasteiger partial charge in [0.15, 0.2) is 12.3 Å². The summed E-state index contributed by atoms with van der Waals surface area (Å²) in [7, 11) is 1.24. The normalized spacial score (nSPS) is 21.8. The lowest BCUT2D eigenvalue weighted by Crippen LogP contribution is -2.41. The van der Waals surface area contributed by atoms with Gasteiger partial charge >= 0.3 is 29.7 Å². The van der Waals surface area contributed by atoms with E-state index >= 15 is 0 Å². The number of H-pyrrole nitrogens is 1. The molecule has 0 aromatic carbocycles. The number of aromatic nitrogens is 2. The predicted octanol–water partition coefficient (Wildman–Crippen LogP) is -1.03. The second kappa shape index (κ2) is 11.0. The van der Waals surface area contributed by atoms with Crippen molar-refractivity contribution in [2.75, 3.05) is 20.3 Å². The van der Waals surface area contributed by atoms with Gasteiger partial charge in [-0.2, -0.15) is 13.2 Å². The fraction of sp³-hybridized carbons (Fsp3) is 0.526. The van der Waals surface area contributed by atoms with Crippen LogP contribution in [0.5, 0.6) is 0 Å². The standard InChI is InChI=1S/C19H20F3N3O9/c1-9(26)32-8-12-13(33-10(2)27)14(31-3)16(34-12)25-7-11(15(28)24-18(25)30)5-4-6-23-17(29)19(20,21)22/h7,12-14,16H,6,8H2,1-3H3,(H,23,29)(H,24,28,30)/t12-,13?,14?,16-/m1/s1. The van der Waals surface area contributed by atoms with Crippen LogP contribution in [0.3, 0.4) is 0 Å². The lowest BCUT2D eigenvalue weighted by atomic mass is 10.1. The zero-order valence-electron chi connectivity index (χ0n) is 18.1. The van der Waals surface area contributed by atoms with Crippen LogP contribution in [0.15, 0.2) is 15.8 Å². The van der Waals surface area contributed by atoms with E-state index in [1.54, 1.807) is 0 Å². The maximum atomic E-state index is 12.4. The Balaban J connectivity index is 2.34. The molecule has 0 aliphatic carbocycles. The number of carbonyl (C=O) groups is 3. The first-order valence-corrected chi connectivity index (χ1v) is 9.53. The van der Waals surface area contributed by atoms with Gasteiger partial charge in [-0.15, -0.1) is 0 Å². The van der Waals surface area contributed by atoms with Crippen molar-refractivity contribution in [3.8, 4) is 11.8 Å². The number of ether oxygens (including phenoxy) is 4. The molecule has 1 aromatic rings. The quantitative estimate of drug-likeness (QED) is 0.376. The molecule has 0 spiro atoms. The second-order valence-corrected chi connectivity index (χ2v) is 6.83. The van der Waals surface area contributed by atoms with Gasteiger partial charge in [0, 0.05) is 27.2 Å². The highest BCUT2D eigenvalue weighted by Crippen LogP contribution is 2.33. The molecule has 1 aliphatic heterocycles. The van der Waals surface area contributed by atoms with Crippen molar-refractivity contribution in [2.45, 2.75) is 44.6 Å². The fourth-order valence-corrected chi connectivity index (χ4v) is 2.98. The maximum Gasteiger partial charge on any atom is 0.471 e. The molecule has 1 fully saturated rings. The lowest BCUT2D eigenvalue weighted by molar-refractivity contribution is -0.173. The molecule has 2 unspecified atom stereocenters. The number of nitrogens with zero attached hydrogens (tertiary/aromatic N) is 1. The fourth-order valence-electron chi connectivity index (χ4n) is 2.98. The number of alkyl halides is 3. The van der Waals surface area contributed by atoms with Crippen molar-refractivity contribution in [2.24, 2.45) is 0 Å². The molecule has 1 aromatic heterocycles. The van der Waals surface area contributed by atoms with E-state index < -0.39 is 66.4 Å². The summed E-state index contributed by atoms with van der Waals surface area (Å²) in [5, 5.41) is 1.51. The minimum Gasteiger partial charge on any atom is -0.463 e. The molecule has 12 nitrogen and oxygen atoms in total. The molecule has 0 radical (unpaired) electrons. The van der Waals surface area contributed by atoms with E-state index in [1.165, 1.54) is 12.4 Å². The first-order valence-electron chi connectivity index (χ1n) is 9.53.